The summed E-state index contributed by atoms with van der Waals surface area (Å²) >= 11 is 0. The molecule has 1 aliphatic heterocycles. The highest BCUT2D eigenvalue weighted by molar-refractivity contribution is 6.14. The molecule has 3 rings (SSSR count). The van der Waals surface area contributed by atoms with Crippen LogP contribution in [0.15, 0.2) is 58.8 Å². The summed E-state index contributed by atoms with van der Waals surface area (Å²) in [4.78, 5) is 28.4. The SMILES string of the molecule is CCOc1ccc(C(=O)N=C2C=CC3C(C)=CC(=O)NC3=C2)cc1OCC. The monoisotopic (exact) mass is 366 g/mol. The maximum absolute atomic E-state index is 12.6. The van der Waals surface area contributed by atoms with Crippen molar-refractivity contribution in [2.75, 3.05) is 13.2 Å². The van der Waals surface area contributed by atoms with Gasteiger partial charge in [0.25, 0.3) is 5.91 Å². The van der Waals surface area contributed by atoms with Gasteiger partial charge < -0.3 is 14.8 Å². The minimum atomic E-state index is -0.386. The normalized spacial score (nSPS) is 19.7. The molecule has 0 spiro atoms. The van der Waals surface area contributed by atoms with Crippen LogP contribution in [0, 0.1) is 5.92 Å². The van der Waals surface area contributed by atoms with Crippen molar-refractivity contribution >= 4 is 17.5 Å². The summed E-state index contributed by atoms with van der Waals surface area (Å²) < 4.78 is 11.1. The van der Waals surface area contributed by atoms with E-state index in [2.05, 4.69) is 10.3 Å². The second-order valence-electron chi connectivity index (χ2n) is 6.18. The number of hydrogen-bond donors (Lipinski definition) is 1. The minimum absolute atomic E-state index is 0.0202. The number of nitrogens with one attached hydrogen (secondary N) is 1. The second kappa shape index (κ2) is 8.03. The van der Waals surface area contributed by atoms with Gasteiger partial charge in [-0.2, -0.15) is 0 Å². The van der Waals surface area contributed by atoms with Crippen molar-refractivity contribution in [3.8, 4) is 11.5 Å². The highest BCUT2D eigenvalue weighted by atomic mass is 16.5. The van der Waals surface area contributed by atoms with E-state index in [4.69, 9.17) is 9.47 Å². The molecule has 1 aliphatic carbocycles. The topological polar surface area (TPSA) is 77.0 Å². The summed E-state index contributed by atoms with van der Waals surface area (Å²) in [6.07, 6.45) is 7.03. The van der Waals surface area contributed by atoms with Gasteiger partial charge in [-0.25, -0.2) is 4.99 Å². The number of fused-ring (bicyclic) bond motifs is 1. The maximum atomic E-state index is 12.6. The zero-order valence-corrected chi connectivity index (χ0v) is 15.6. The predicted octanol–water partition coefficient (Wildman–Crippen LogP) is 3.21. The first-order valence-electron chi connectivity index (χ1n) is 8.93. The van der Waals surface area contributed by atoms with Gasteiger partial charge in [0.15, 0.2) is 11.5 Å². The molecule has 27 heavy (non-hydrogen) atoms. The number of benzene rings is 1. The summed E-state index contributed by atoms with van der Waals surface area (Å²) in [5.41, 5.74) is 2.59. The molecule has 1 unspecified atom stereocenters. The van der Waals surface area contributed by atoms with E-state index in [0.29, 0.717) is 36.0 Å². The molecule has 1 atom stereocenters. The third-order valence-electron chi connectivity index (χ3n) is 4.24. The molecule has 2 aliphatic rings. The Bertz CT molecular complexity index is 893. The van der Waals surface area contributed by atoms with Gasteiger partial charge in [-0.05, 0) is 51.1 Å². The van der Waals surface area contributed by atoms with E-state index in [1.54, 1.807) is 36.4 Å². The molecule has 1 heterocycles. The Morgan fingerprint density at radius 2 is 1.89 bits per heavy atom. The van der Waals surface area contributed by atoms with Gasteiger partial charge in [-0.15, -0.1) is 0 Å². The molecule has 0 aromatic heterocycles. The average Bonchev–Trinajstić information content (AvgIpc) is 2.63. The number of hydrogen-bond acceptors (Lipinski definition) is 4. The Balaban J connectivity index is 1.85. The standard InChI is InChI=1S/C21H22N2O4/c1-4-26-18-9-6-14(11-19(18)27-5-2)21(25)22-15-7-8-16-13(3)10-20(24)23-17(16)12-15/h6-12,16H,4-5H2,1-3H3,(H,23,24). The molecule has 0 bridgehead atoms. The maximum Gasteiger partial charge on any atom is 0.277 e. The number of ether oxygens (including phenoxy) is 2. The summed E-state index contributed by atoms with van der Waals surface area (Å²) in [7, 11) is 0. The van der Waals surface area contributed by atoms with Crippen LogP contribution in [0.3, 0.4) is 0 Å². The lowest BCUT2D eigenvalue weighted by atomic mass is 9.89. The van der Waals surface area contributed by atoms with Crippen LogP contribution in [0.2, 0.25) is 0 Å². The smallest absolute Gasteiger partial charge is 0.277 e. The van der Waals surface area contributed by atoms with Gasteiger partial charge in [-0.1, -0.05) is 11.6 Å². The van der Waals surface area contributed by atoms with Crippen molar-refractivity contribution in [1.82, 2.24) is 5.32 Å². The lowest BCUT2D eigenvalue weighted by Crippen LogP contribution is -2.32. The van der Waals surface area contributed by atoms with Gasteiger partial charge in [0.2, 0.25) is 5.91 Å². The summed E-state index contributed by atoms with van der Waals surface area (Å²) in [6, 6.07) is 5.01. The molecule has 140 valence electrons. The van der Waals surface area contributed by atoms with E-state index < -0.39 is 0 Å². The number of amides is 2. The number of carbonyl (C=O) groups excluding carboxylic acids is 2. The third-order valence-corrected chi connectivity index (χ3v) is 4.24. The van der Waals surface area contributed by atoms with E-state index in [-0.39, 0.29) is 17.7 Å². The van der Waals surface area contributed by atoms with Crippen LogP contribution in [0.5, 0.6) is 11.5 Å². The molecule has 0 radical (unpaired) electrons. The number of allylic oxidation sites excluding steroid dienone is 3. The van der Waals surface area contributed by atoms with Crippen LogP contribution in [-0.2, 0) is 4.79 Å². The fraction of sp³-hybridized carbons (Fsp3) is 0.286. The van der Waals surface area contributed by atoms with E-state index >= 15 is 0 Å². The molecular formula is C21H22N2O4. The Labute approximate surface area is 158 Å². The molecule has 0 fully saturated rings. The third kappa shape index (κ3) is 4.16. The van der Waals surface area contributed by atoms with Gasteiger partial charge in [0, 0.05) is 23.3 Å². The van der Waals surface area contributed by atoms with Gasteiger partial charge in [0.1, 0.15) is 0 Å². The first kappa shape index (κ1) is 18.6. The predicted molar refractivity (Wildman–Crippen MR) is 103 cm³/mol. The number of carbonyl (C=O) groups is 2. The van der Waals surface area contributed by atoms with Crippen LogP contribution in [0.1, 0.15) is 31.1 Å². The summed E-state index contributed by atoms with van der Waals surface area (Å²) in [5, 5.41) is 2.80. The Hall–Kier alpha value is -3.15. The van der Waals surface area contributed by atoms with Crippen LogP contribution in [-0.4, -0.2) is 30.7 Å². The van der Waals surface area contributed by atoms with Crippen molar-refractivity contribution < 1.29 is 19.1 Å². The highest BCUT2D eigenvalue weighted by Gasteiger charge is 2.24. The first-order chi connectivity index (χ1) is 13.0. The van der Waals surface area contributed by atoms with Gasteiger partial charge >= 0.3 is 0 Å². The Kier molecular flexibility index (Phi) is 5.54. The van der Waals surface area contributed by atoms with Crippen LogP contribution < -0.4 is 14.8 Å². The molecule has 1 aromatic rings. The quantitative estimate of drug-likeness (QED) is 0.868. The average molecular weight is 366 g/mol. The zero-order valence-electron chi connectivity index (χ0n) is 15.6. The molecule has 0 saturated heterocycles. The Morgan fingerprint density at radius 3 is 2.63 bits per heavy atom. The summed E-state index contributed by atoms with van der Waals surface area (Å²) in [6.45, 7) is 6.64. The van der Waals surface area contributed by atoms with E-state index in [1.807, 2.05) is 26.8 Å². The van der Waals surface area contributed by atoms with E-state index in [0.717, 1.165) is 11.3 Å². The molecule has 6 heteroatoms. The van der Waals surface area contributed by atoms with Crippen molar-refractivity contribution in [3.05, 3.63) is 59.3 Å². The first-order valence-corrected chi connectivity index (χ1v) is 8.93. The summed E-state index contributed by atoms with van der Waals surface area (Å²) in [5.74, 6) is 0.584. The van der Waals surface area contributed by atoms with Crippen molar-refractivity contribution in [2.45, 2.75) is 20.8 Å². The minimum Gasteiger partial charge on any atom is -0.490 e. The lowest BCUT2D eigenvalue weighted by Gasteiger charge is -2.25. The number of aliphatic imine (C=N–C) groups is 1. The molecule has 1 aromatic carbocycles. The van der Waals surface area contributed by atoms with E-state index in [9.17, 15) is 9.59 Å². The highest BCUT2D eigenvalue weighted by Crippen LogP contribution is 2.29. The molecule has 0 saturated carbocycles. The molecular weight excluding hydrogens is 344 g/mol. The zero-order chi connectivity index (χ0) is 19.4. The van der Waals surface area contributed by atoms with E-state index in [1.165, 1.54) is 0 Å². The van der Waals surface area contributed by atoms with Gasteiger partial charge in [0.05, 0.1) is 18.9 Å². The molecule has 6 nitrogen and oxygen atoms in total. The van der Waals surface area contributed by atoms with Crippen LogP contribution in [0.4, 0.5) is 0 Å². The second-order valence-corrected chi connectivity index (χ2v) is 6.18. The van der Waals surface area contributed by atoms with Crippen molar-refractivity contribution in [3.63, 3.8) is 0 Å². The fourth-order valence-electron chi connectivity index (χ4n) is 3.02. The van der Waals surface area contributed by atoms with Crippen LogP contribution >= 0.6 is 0 Å². The number of rotatable bonds is 5. The molecule has 2 amide bonds. The number of nitrogens with zero attached hydrogens (tertiary/aromatic N) is 1. The van der Waals surface area contributed by atoms with Gasteiger partial charge in [-0.3, -0.25) is 9.59 Å². The Morgan fingerprint density at radius 1 is 1.15 bits per heavy atom. The largest absolute Gasteiger partial charge is 0.490 e. The molecule has 1 N–H and O–H groups in total. The fourth-order valence-corrected chi connectivity index (χ4v) is 3.02. The van der Waals surface area contributed by atoms with Crippen molar-refractivity contribution in [1.29, 1.82) is 0 Å². The van der Waals surface area contributed by atoms with Crippen LogP contribution in [0.25, 0.3) is 0 Å². The lowest BCUT2D eigenvalue weighted by molar-refractivity contribution is -0.116. The van der Waals surface area contributed by atoms with Crippen molar-refractivity contribution in [2.24, 2.45) is 10.9 Å².